The van der Waals surface area contributed by atoms with Crippen LogP contribution >= 0.6 is 24.0 Å². The van der Waals surface area contributed by atoms with E-state index >= 15 is 0 Å². The third-order valence-electron chi connectivity index (χ3n) is 3.82. The molecule has 20 heavy (non-hydrogen) atoms. The normalized spacial score (nSPS) is 20.1. The van der Waals surface area contributed by atoms with Crippen molar-refractivity contribution in [3.8, 4) is 0 Å². The predicted molar refractivity (Wildman–Crippen MR) is 85.4 cm³/mol. The molecule has 2 rings (SSSR count). The molecule has 0 bridgehead atoms. The highest BCUT2D eigenvalue weighted by atomic mass is 35.5. The first kappa shape index (κ1) is 17.3. The Morgan fingerprint density at radius 3 is 2.70 bits per heavy atom. The van der Waals surface area contributed by atoms with Crippen LogP contribution in [0.3, 0.4) is 0 Å². The SMILES string of the molecule is CC(N)C1CCCN(C(=O)Cc2ccc(Cl)cc2)C1.Cl. The zero-order valence-electron chi connectivity index (χ0n) is 11.7. The number of carbonyl (C=O) groups is 1. The second kappa shape index (κ2) is 7.87. The topological polar surface area (TPSA) is 46.3 Å². The van der Waals surface area contributed by atoms with Crippen LogP contribution in [-0.2, 0) is 11.2 Å². The summed E-state index contributed by atoms with van der Waals surface area (Å²) in [5.74, 6) is 0.621. The summed E-state index contributed by atoms with van der Waals surface area (Å²) >= 11 is 5.84. The Hall–Kier alpha value is -0.770. The molecule has 0 aliphatic carbocycles. The molecule has 0 spiro atoms. The Kier molecular flexibility index (Phi) is 6.80. The monoisotopic (exact) mass is 316 g/mol. The fourth-order valence-electron chi connectivity index (χ4n) is 2.55. The second-order valence-electron chi connectivity index (χ2n) is 5.40. The summed E-state index contributed by atoms with van der Waals surface area (Å²) in [7, 11) is 0. The molecule has 112 valence electrons. The number of nitrogens with two attached hydrogens (primary N) is 1. The number of benzene rings is 1. The van der Waals surface area contributed by atoms with Gasteiger partial charge in [0.15, 0.2) is 0 Å². The third kappa shape index (κ3) is 4.65. The summed E-state index contributed by atoms with van der Waals surface area (Å²) in [5, 5.41) is 0.700. The van der Waals surface area contributed by atoms with Gasteiger partial charge in [0.2, 0.25) is 5.91 Å². The summed E-state index contributed by atoms with van der Waals surface area (Å²) in [6.45, 7) is 3.68. The molecule has 1 heterocycles. The lowest BCUT2D eigenvalue weighted by Crippen LogP contribution is -2.45. The predicted octanol–water partition coefficient (Wildman–Crippen LogP) is 2.89. The smallest absolute Gasteiger partial charge is 0.226 e. The van der Waals surface area contributed by atoms with Crippen LogP contribution in [0.1, 0.15) is 25.3 Å². The van der Waals surface area contributed by atoms with Crippen molar-refractivity contribution in [2.45, 2.75) is 32.2 Å². The molecule has 1 saturated heterocycles. The fourth-order valence-corrected chi connectivity index (χ4v) is 2.68. The van der Waals surface area contributed by atoms with Gasteiger partial charge >= 0.3 is 0 Å². The van der Waals surface area contributed by atoms with Crippen LogP contribution < -0.4 is 5.73 Å². The lowest BCUT2D eigenvalue weighted by molar-refractivity contribution is -0.132. The Morgan fingerprint density at radius 1 is 1.45 bits per heavy atom. The van der Waals surface area contributed by atoms with Crippen molar-refractivity contribution >= 4 is 29.9 Å². The van der Waals surface area contributed by atoms with Gasteiger partial charge in [-0.25, -0.2) is 0 Å². The number of amides is 1. The van der Waals surface area contributed by atoms with Gasteiger partial charge in [-0.2, -0.15) is 0 Å². The first-order chi connectivity index (χ1) is 9.06. The maximum Gasteiger partial charge on any atom is 0.226 e. The lowest BCUT2D eigenvalue weighted by Gasteiger charge is -2.34. The van der Waals surface area contributed by atoms with Gasteiger partial charge in [0.05, 0.1) is 6.42 Å². The van der Waals surface area contributed by atoms with E-state index in [0.29, 0.717) is 17.4 Å². The van der Waals surface area contributed by atoms with Crippen LogP contribution in [0.2, 0.25) is 5.02 Å². The molecular weight excluding hydrogens is 295 g/mol. The van der Waals surface area contributed by atoms with Crippen molar-refractivity contribution in [2.75, 3.05) is 13.1 Å². The molecular formula is C15H22Cl2N2O. The molecule has 3 nitrogen and oxygen atoms in total. The molecule has 0 saturated carbocycles. The van der Waals surface area contributed by atoms with E-state index in [1.807, 2.05) is 36.1 Å². The van der Waals surface area contributed by atoms with Crippen molar-refractivity contribution in [3.63, 3.8) is 0 Å². The van der Waals surface area contributed by atoms with Crippen molar-refractivity contribution in [1.82, 2.24) is 4.90 Å². The quantitative estimate of drug-likeness (QED) is 0.932. The van der Waals surface area contributed by atoms with Crippen LogP contribution in [-0.4, -0.2) is 29.9 Å². The molecule has 1 aromatic carbocycles. The number of halogens is 2. The minimum atomic E-state index is 0. The van der Waals surface area contributed by atoms with E-state index in [4.69, 9.17) is 17.3 Å². The Labute approximate surface area is 131 Å². The summed E-state index contributed by atoms with van der Waals surface area (Å²) in [6, 6.07) is 7.63. The molecule has 1 amide bonds. The van der Waals surface area contributed by atoms with Crippen molar-refractivity contribution in [2.24, 2.45) is 11.7 Å². The summed E-state index contributed by atoms with van der Waals surface area (Å²) in [6.07, 6.45) is 2.63. The molecule has 1 aliphatic heterocycles. The molecule has 2 atom stereocenters. The van der Waals surface area contributed by atoms with Gasteiger partial charge in [-0.1, -0.05) is 23.7 Å². The molecule has 0 aromatic heterocycles. The largest absolute Gasteiger partial charge is 0.342 e. The number of hydrogen-bond donors (Lipinski definition) is 1. The first-order valence-corrected chi connectivity index (χ1v) is 7.22. The number of hydrogen-bond acceptors (Lipinski definition) is 2. The molecule has 1 aromatic rings. The number of rotatable bonds is 3. The van der Waals surface area contributed by atoms with E-state index in [0.717, 1.165) is 31.5 Å². The van der Waals surface area contributed by atoms with Crippen molar-refractivity contribution in [3.05, 3.63) is 34.9 Å². The van der Waals surface area contributed by atoms with Crippen LogP contribution in [0.4, 0.5) is 0 Å². The van der Waals surface area contributed by atoms with E-state index in [2.05, 4.69) is 0 Å². The van der Waals surface area contributed by atoms with Crippen molar-refractivity contribution in [1.29, 1.82) is 0 Å². The molecule has 1 fully saturated rings. The minimum absolute atomic E-state index is 0. The van der Waals surface area contributed by atoms with Gasteiger partial charge in [0, 0.05) is 24.2 Å². The Balaban J connectivity index is 0.00000200. The molecule has 5 heteroatoms. The highest BCUT2D eigenvalue weighted by Crippen LogP contribution is 2.20. The zero-order chi connectivity index (χ0) is 13.8. The zero-order valence-corrected chi connectivity index (χ0v) is 13.3. The van der Waals surface area contributed by atoms with Gasteiger partial charge in [0.25, 0.3) is 0 Å². The average molecular weight is 317 g/mol. The van der Waals surface area contributed by atoms with E-state index in [-0.39, 0.29) is 24.4 Å². The lowest BCUT2D eigenvalue weighted by atomic mass is 9.92. The highest BCUT2D eigenvalue weighted by Gasteiger charge is 2.25. The highest BCUT2D eigenvalue weighted by molar-refractivity contribution is 6.30. The molecule has 1 aliphatic rings. The Bertz CT molecular complexity index is 434. The fraction of sp³-hybridized carbons (Fsp3) is 0.533. The summed E-state index contributed by atoms with van der Waals surface area (Å²) in [5.41, 5.74) is 6.96. The maximum atomic E-state index is 12.3. The average Bonchev–Trinajstić information content (AvgIpc) is 2.41. The van der Waals surface area contributed by atoms with E-state index in [1.165, 1.54) is 0 Å². The van der Waals surface area contributed by atoms with Crippen LogP contribution in [0, 0.1) is 5.92 Å². The van der Waals surface area contributed by atoms with Gasteiger partial charge in [-0.15, -0.1) is 12.4 Å². The van der Waals surface area contributed by atoms with Gasteiger partial charge < -0.3 is 10.6 Å². The van der Waals surface area contributed by atoms with Crippen LogP contribution in [0.25, 0.3) is 0 Å². The Morgan fingerprint density at radius 2 is 2.10 bits per heavy atom. The molecule has 2 N–H and O–H groups in total. The van der Waals surface area contributed by atoms with Gasteiger partial charge in [-0.05, 0) is 43.4 Å². The van der Waals surface area contributed by atoms with E-state index in [9.17, 15) is 4.79 Å². The molecule has 2 unspecified atom stereocenters. The molecule has 0 radical (unpaired) electrons. The number of piperidine rings is 1. The van der Waals surface area contributed by atoms with Crippen molar-refractivity contribution < 1.29 is 4.79 Å². The number of nitrogens with zero attached hydrogens (tertiary/aromatic N) is 1. The number of carbonyl (C=O) groups excluding carboxylic acids is 1. The summed E-state index contributed by atoms with van der Waals surface area (Å²) in [4.78, 5) is 14.2. The van der Waals surface area contributed by atoms with Crippen LogP contribution in [0.15, 0.2) is 24.3 Å². The first-order valence-electron chi connectivity index (χ1n) is 6.84. The standard InChI is InChI=1S/C15H21ClN2O.ClH/c1-11(17)13-3-2-8-18(10-13)15(19)9-12-4-6-14(16)7-5-12;/h4-7,11,13H,2-3,8-10,17H2,1H3;1H. The van der Waals surface area contributed by atoms with E-state index in [1.54, 1.807) is 0 Å². The van der Waals surface area contributed by atoms with Gasteiger partial charge in [-0.3, -0.25) is 4.79 Å². The minimum Gasteiger partial charge on any atom is -0.342 e. The number of likely N-dealkylation sites (tertiary alicyclic amines) is 1. The summed E-state index contributed by atoms with van der Waals surface area (Å²) < 4.78 is 0. The van der Waals surface area contributed by atoms with Crippen LogP contribution in [0.5, 0.6) is 0 Å². The maximum absolute atomic E-state index is 12.3. The van der Waals surface area contributed by atoms with E-state index < -0.39 is 0 Å². The van der Waals surface area contributed by atoms with Gasteiger partial charge in [0.1, 0.15) is 0 Å². The third-order valence-corrected chi connectivity index (χ3v) is 4.07. The second-order valence-corrected chi connectivity index (χ2v) is 5.84.